The molecule has 4 heteroatoms. The van der Waals surface area contributed by atoms with Crippen molar-refractivity contribution in [2.45, 2.75) is 30.4 Å². The van der Waals surface area contributed by atoms with E-state index < -0.39 is 17.4 Å². The Labute approximate surface area is 333 Å². The van der Waals surface area contributed by atoms with Gasteiger partial charge in [0.25, 0.3) is 0 Å². The van der Waals surface area contributed by atoms with Crippen molar-refractivity contribution < 1.29 is 17.4 Å². The Bertz CT molecular complexity index is 2790. The van der Waals surface area contributed by atoms with Crippen molar-refractivity contribution in [1.29, 1.82) is 0 Å². The molecule has 0 fully saturated rings. The summed E-state index contributed by atoms with van der Waals surface area (Å²) in [6.07, 6.45) is 5.15. The van der Waals surface area contributed by atoms with Gasteiger partial charge in [-0.3, -0.25) is 0 Å². The van der Waals surface area contributed by atoms with Crippen LogP contribution in [-0.2, 0) is 17.4 Å². The van der Waals surface area contributed by atoms with Crippen molar-refractivity contribution in [3.05, 3.63) is 190 Å². The summed E-state index contributed by atoms with van der Waals surface area (Å²) in [5.74, 6) is 0. The van der Waals surface area contributed by atoms with Gasteiger partial charge < -0.3 is 0 Å². The molecule has 10 rings (SSSR count). The molecule has 8 aromatic carbocycles. The molecular weight excluding hydrogens is 791 g/mol. The second-order valence-electron chi connectivity index (χ2n) is 16.7. The number of hydrogen-bond acceptors (Lipinski definition) is 0. The maximum atomic E-state index is 2.78. The molecule has 0 nitrogen and oxygen atoms in total. The van der Waals surface area contributed by atoms with Crippen LogP contribution in [0.3, 0.4) is 0 Å². The molecule has 8 aromatic rings. The number of rotatable bonds is 4. The molecule has 0 aromatic heterocycles. The average Bonchev–Trinajstić information content (AvgIpc) is 3.75. The zero-order valence-corrected chi connectivity index (χ0v) is 36.7. The van der Waals surface area contributed by atoms with Gasteiger partial charge in [-0.15, -0.1) is 24.8 Å². The minimum absolute atomic E-state index is 0. The van der Waals surface area contributed by atoms with Crippen LogP contribution in [0.25, 0.3) is 66.4 Å². The Kier molecular flexibility index (Phi) is 9.10. The fraction of sp³-hybridized carbons (Fsp3) is 0.120. The minimum Gasteiger partial charge on any atom is -0.147 e. The fourth-order valence-corrected chi connectivity index (χ4v) is 28.9. The van der Waals surface area contributed by atoms with E-state index in [2.05, 4.69) is 188 Å². The number of benzene rings is 8. The van der Waals surface area contributed by atoms with E-state index in [1.807, 2.05) is 0 Å². The Morgan fingerprint density at radius 1 is 0.444 bits per heavy atom. The summed E-state index contributed by atoms with van der Waals surface area (Å²) >= 11 is -4.10. The van der Waals surface area contributed by atoms with E-state index in [0.29, 0.717) is 7.25 Å². The van der Waals surface area contributed by atoms with Crippen LogP contribution in [0.2, 0.25) is 9.26 Å². The molecule has 0 saturated heterocycles. The van der Waals surface area contributed by atoms with Gasteiger partial charge in [-0.1, -0.05) is 0 Å². The molecule has 2 atom stereocenters. The topological polar surface area (TPSA) is 0 Å². The molecule has 0 heterocycles. The first-order valence-electron chi connectivity index (χ1n) is 18.7. The first-order valence-corrected chi connectivity index (χ1v) is 32.4. The molecule has 0 N–H and O–H groups in total. The van der Waals surface area contributed by atoms with Gasteiger partial charge in [-0.05, 0) is 0 Å². The van der Waals surface area contributed by atoms with Crippen LogP contribution < -0.4 is 0 Å². The van der Waals surface area contributed by atoms with Gasteiger partial charge in [0.2, 0.25) is 0 Å². The Morgan fingerprint density at radius 2 is 0.815 bits per heavy atom. The number of allylic oxidation sites excluding steroid dienone is 2. The smallest absolute Gasteiger partial charge is 0.147 e. The van der Waals surface area contributed by atoms with Gasteiger partial charge in [0, 0.05) is 0 Å². The van der Waals surface area contributed by atoms with E-state index in [0.717, 1.165) is 0 Å². The summed E-state index contributed by atoms with van der Waals surface area (Å²) < 4.78 is 6.25. The summed E-state index contributed by atoms with van der Waals surface area (Å²) in [5.41, 5.74) is 14.3. The molecule has 0 amide bonds. The van der Waals surface area contributed by atoms with Crippen molar-refractivity contribution in [1.82, 2.24) is 0 Å². The van der Waals surface area contributed by atoms with Crippen molar-refractivity contribution in [2.24, 2.45) is 0 Å². The first-order chi connectivity index (χ1) is 25.1. The van der Waals surface area contributed by atoms with E-state index in [9.17, 15) is 0 Å². The van der Waals surface area contributed by atoms with Crippen molar-refractivity contribution in [2.75, 3.05) is 0 Å². The number of hydrogen-bond donors (Lipinski definition) is 0. The molecule has 2 unspecified atom stereocenters. The van der Waals surface area contributed by atoms with Crippen LogP contribution in [0.5, 0.6) is 0 Å². The van der Waals surface area contributed by atoms with Gasteiger partial charge >= 0.3 is 311 Å². The maximum absolute atomic E-state index is 4.10. The second-order valence-corrected chi connectivity index (χ2v) is 47.1. The summed E-state index contributed by atoms with van der Waals surface area (Å²) in [6, 6.07) is 55.6. The average molecular weight is 835 g/mol. The molecule has 2 aliphatic carbocycles. The summed E-state index contributed by atoms with van der Waals surface area (Å²) in [5, 5.41) is 10.7. The van der Waals surface area contributed by atoms with Crippen LogP contribution in [0.15, 0.2) is 146 Å². The first kappa shape index (κ1) is 36.9. The molecule has 54 heavy (non-hydrogen) atoms. The normalized spacial score (nSPS) is 16.5. The van der Waals surface area contributed by atoms with Crippen molar-refractivity contribution in [3.63, 3.8) is 0 Å². The van der Waals surface area contributed by atoms with E-state index >= 15 is 0 Å². The van der Waals surface area contributed by atoms with Gasteiger partial charge in [-0.25, -0.2) is 0 Å². The Hall–Kier alpha value is -4.04. The summed E-state index contributed by atoms with van der Waals surface area (Å²) in [4.78, 5) is 0. The third kappa shape index (κ3) is 5.56. The number of aryl methyl sites for hydroxylation is 2. The van der Waals surface area contributed by atoms with Gasteiger partial charge in [0.1, 0.15) is 0 Å². The maximum Gasteiger partial charge on any atom is -0.147 e. The number of fused-ring (bicyclic) bond motifs is 8. The van der Waals surface area contributed by atoms with Crippen molar-refractivity contribution >= 4 is 98.1 Å². The quantitative estimate of drug-likeness (QED) is 0.122. The Morgan fingerprint density at radius 3 is 1.26 bits per heavy atom. The van der Waals surface area contributed by atoms with E-state index in [1.165, 1.54) is 98.7 Å². The Balaban J connectivity index is 0.00000207. The predicted molar refractivity (Wildman–Crippen MR) is 241 cm³/mol. The second kappa shape index (κ2) is 13.3. The zero-order valence-electron chi connectivity index (χ0n) is 31.2. The minimum atomic E-state index is -4.10. The van der Waals surface area contributed by atoms with Crippen LogP contribution in [0.4, 0.5) is 0 Å². The monoisotopic (exact) mass is 832 g/mol. The van der Waals surface area contributed by atoms with Crippen LogP contribution in [-0.4, -0.2) is 6.88 Å². The summed E-state index contributed by atoms with van der Waals surface area (Å²) in [7, 11) is 0. The van der Waals surface area contributed by atoms with Crippen LogP contribution in [0.1, 0.15) is 51.8 Å². The van der Waals surface area contributed by atoms with Gasteiger partial charge in [-0.2, -0.15) is 0 Å². The van der Waals surface area contributed by atoms with Crippen LogP contribution >= 0.6 is 24.8 Å². The molecule has 0 bridgehead atoms. The standard InChI is InChI=1S/2C24H17.2CH3.2ClH.H2Si.Zr/c2*1-16-12-20-11-10-17-6-4-5-9-22(17)24(20)23(13-16)21-14-18-7-2-3-8-19(18)15-21;;;;;;/h2*2-15H,1H3;2*1H3;2*1H;1H2;. The van der Waals surface area contributed by atoms with E-state index in [-0.39, 0.29) is 24.8 Å². The van der Waals surface area contributed by atoms with E-state index in [1.54, 1.807) is 0 Å². The fourth-order valence-electron chi connectivity index (χ4n) is 10.4. The largest absolute Gasteiger partial charge is 0.147 e. The number of halogens is 2. The van der Waals surface area contributed by atoms with E-state index in [4.69, 9.17) is 0 Å². The van der Waals surface area contributed by atoms with Gasteiger partial charge in [0.15, 0.2) is 0 Å². The molecule has 0 radical (unpaired) electrons. The third-order valence-corrected chi connectivity index (χ3v) is 29.6. The third-order valence-electron chi connectivity index (χ3n) is 12.3. The molecule has 0 saturated carbocycles. The predicted octanol–water partition coefficient (Wildman–Crippen LogP) is 14.0. The molecule has 2 aliphatic rings. The zero-order chi connectivity index (χ0) is 35.4. The molecule has 0 spiro atoms. The summed E-state index contributed by atoms with van der Waals surface area (Å²) in [6.45, 7) is 7.00. The molecule has 266 valence electrons. The van der Waals surface area contributed by atoms with Gasteiger partial charge in [0.05, 0.1) is 0 Å². The molecule has 0 aliphatic heterocycles. The SMILES string of the molecule is Cc1cc(C2=Cc3ccccc3[CH]2[Zr]([CH3])([CH3])(=[SiH2])[CH]2C(c3cc(C)cc4ccc5ccccc5c34)=Cc3ccccc32)c2c(ccc3ccccc32)c1.Cl.Cl. The van der Waals surface area contributed by atoms with Crippen molar-refractivity contribution in [3.8, 4) is 0 Å². The van der Waals surface area contributed by atoms with Crippen LogP contribution in [0, 0.1) is 13.8 Å². The molecular formula is C50H44Cl2SiZr.